The van der Waals surface area contributed by atoms with Crippen LogP contribution < -0.4 is 15.4 Å². The Hall–Kier alpha value is -2.35. The molecule has 2 N–H and O–H groups in total. The van der Waals surface area contributed by atoms with E-state index in [-0.39, 0.29) is 18.2 Å². The predicted molar refractivity (Wildman–Crippen MR) is 100 cm³/mol. The second-order valence-electron chi connectivity index (χ2n) is 5.43. The lowest BCUT2D eigenvalue weighted by Gasteiger charge is -2.06. The van der Waals surface area contributed by atoms with E-state index in [1.807, 2.05) is 24.3 Å². The molecule has 8 heteroatoms. The minimum atomic E-state index is -0.462. The summed E-state index contributed by atoms with van der Waals surface area (Å²) >= 11 is 1.22. The normalized spacial score (nSPS) is 18.6. The van der Waals surface area contributed by atoms with E-state index >= 15 is 0 Å². The molecule has 1 heterocycles. The lowest BCUT2D eigenvalue weighted by Crippen LogP contribution is -2.31. The van der Waals surface area contributed by atoms with Gasteiger partial charge in [-0.25, -0.2) is 0 Å². The van der Waals surface area contributed by atoms with Crippen molar-refractivity contribution in [3.05, 3.63) is 29.8 Å². The number of hydrogen-bond donors (Lipinski definition) is 2. The fourth-order valence-corrected chi connectivity index (χ4v) is 2.99. The first-order chi connectivity index (χ1) is 12.1. The van der Waals surface area contributed by atoms with E-state index in [4.69, 9.17) is 4.74 Å². The smallest absolute Gasteiger partial charge is 0.240 e. The Kier molecular flexibility index (Phi) is 7.46. The molecule has 1 aliphatic heterocycles. The minimum Gasteiger partial charge on any atom is -0.497 e. The summed E-state index contributed by atoms with van der Waals surface area (Å²) in [5.74, 6) is 0.431. The molecule has 25 heavy (non-hydrogen) atoms. The molecule has 1 aromatic carbocycles. The number of unbranched alkanes of at least 4 members (excludes halogenated alkanes) is 1. The molecule has 0 spiro atoms. The fourth-order valence-electron chi connectivity index (χ4n) is 2.07. The van der Waals surface area contributed by atoms with Crippen molar-refractivity contribution < 1.29 is 14.3 Å². The molecule has 2 amide bonds. The largest absolute Gasteiger partial charge is 0.497 e. The van der Waals surface area contributed by atoms with Gasteiger partial charge in [0.2, 0.25) is 11.8 Å². The van der Waals surface area contributed by atoms with E-state index in [0.717, 1.165) is 24.2 Å². The summed E-state index contributed by atoms with van der Waals surface area (Å²) < 4.78 is 5.09. The molecule has 1 aliphatic rings. The van der Waals surface area contributed by atoms with Gasteiger partial charge in [0, 0.05) is 13.0 Å². The van der Waals surface area contributed by atoms with Crippen LogP contribution in [0.15, 0.2) is 34.5 Å². The third kappa shape index (κ3) is 6.22. The van der Waals surface area contributed by atoms with Crippen LogP contribution >= 0.6 is 11.8 Å². The van der Waals surface area contributed by atoms with Crippen LogP contribution in [0.5, 0.6) is 5.75 Å². The van der Waals surface area contributed by atoms with E-state index in [1.54, 1.807) is 13.3 Å². The lowest BCUT2D eigenvalue weighted by molar-refractivity contribution is -0.125. The van der Waals surface area contributed by atoms with Crippen LogP contribution in [-0.4, -0.2) is 42.1 Å². The zero-order valence-corrected chi connectivity index (χ0v) is 15.1. The summed E-state index contributed by atoms with van der Waals surface area (Å²) in [4.78, 5) is 23.7. The highest BCUT2D eigenvalue weighted by molar-refractivity contribution is 8.15. The van der Waals surface area contributed by atoms with Crippen LogP contribution in [0.3, 0.4) is 0 Å². The van der Waals surface area contributed by atoms with E-state index in [9.17, 15) is 9.59 Å². The first-order valence-electron chi connectivity index (χ1n) is 8.11. The Bertz CT molecular complexity index is 658. The zero-order valence-electron chi connectivity index (χ0n) is 14.3. The summed E-state index contributed by atoms with van der Waals surface area (Å²) in [6, 6.07) is 7.36. The summed E-state index contributed by atoms with van der Waals surface area (Å²) in [7, 11) is 1.61. The number of methoxy groups -OCH3 is 1. The van der Waals surface area contributed by atoms with Gasteiger partial charge in [-0.2, -0.15) is 5.10 Å². The third-order valence-electron chi connectivity index (χ3n) is 3.47. The van der Waals surface area contributed by atoms with Crippen molar-refractivity contribution in [2.24, 2.45) is 10.2 Å². The molecule has 1 atom stereocenters. The van der Waals surface area contributed by atoms with Crippen molar-refractivity contribution in [1.82, 2.24) is 10.6 Å². The Morgan fingerprint density at radius 3 is 2.84 bits per heavy atom. The molecule has 2 rings (SSSR count). The van der Waals surface area contributed by atoms with Crippen molar-refractivity contribution in [1.29, 1.82) is 0 Å². The number of ether oxygens (including phenoxy) is 1. The molecule has 0 unspecified atom stereocenters. The summed E-state index contributed by atoms with van der Waals surface area (Å²) in [5, 5.41) is 13.4. The van der Waals surface area contributed by atoms with Gasteiger partial charge in [0.05, 0.1) is 13.3 Å². The standard InChI is InChI=1S/C17H22N4O3S/c1-3-4-9-18-15(22)10-14-16(23)20-17(25-14)21-19-11-12-5-7-13(24-2)8-6-12/h5-8,11,14H,3-4,9-10H2,1-2H3,(H,18,22)(H,20,21,23)/b19-11-/t14-/m0/s1. The minimum absolute atomic E-state index is 0.121. The third-order valence-corrected chi connectivity index (χ3v) is 4.54. The highest BCUT2D eigenvalue weighted by atomic mass is 32.2. The van der Waals surface area contributed by atoms with E-state index in [2.05, 4.69) is 27.8 Å². The second-order valence-corrected chi connectivity index (χ2v) is 6.62. The number of hydrogen-bond acceptors (Lipinski definition) is 6. The van der Waals surface area contributed by atoms with Gasteiger partial charge in [-0.15, -0.1) is 5.10 Å². The molecule has 1 fully saturated rings. The molecular formula is C17H22N4O3S. The lowest BCUT2D eigenvalue weighted by atomic mass is 10.2. The van der Waals surface area contributed by atoms with Crippen LogP contribution in [0, 0.1) is 0 Å². The summed E-state index contributed by atoms with van der Waals surface area (Å²) in [6.45, 7) is 2.70. The fraction of sp³-hybridized carbons (Fsp3) is 0.412. The molecule has 0 bridgehead atoms. The van der Waals surface area contributed by atoms with Gasteiger partial charge in [0.25, 0.3) is 0 Å². The number of thioether (sulfide) groups is 1. The van der Waals surface area contributed by atoms with Gasteiger partial charge in [-0.3, -0.25) is 9.59 Å². The Labute approximate surface area is 151 Å². The highest BCUT2D eigenvalue weighted by Gasteiger charge is 2.32. The molecule has 134 valence electrons. The average molecular weight is 362 g/mol. The van der Waals surface area contributed by atoms with Crippen LogP contribution in [0.25, 0.3) is 0 Å². The number of carbonyl (C=O) groups is 2. The number of nitrogens with one attached hydrogen (secondary N) is 2. The van der Waals surface area contributed by atoms with Gasteiger partial charge in [-0.05, 0) is 36.2 Å². The molecule has 7 nitrogen and oxygen atoms in total. The van der Waals surface area contributed by atoms with Crippen LogP contribution in [0.2, 0.25) is 0 Å². The Balaban J connectivity index is 1.84. The second kappa shape index (κ2) is 9.83. The number of benzene rings is 1. The molecule has 1 aromatic rings. The first kappa shape index (κ1) is 19.0. The van der Waals surface area contributed by atoms with Gasteiger partial charge in [-0.1, -0.05) is 25.1 Å². The van der Waals surface area contributed by atoms with Crippen molar-refractivity contribution in [2.45, 2.75) is 31.4 Å². The first-order valence-corrected chi connectivity index (χ1v) is 8.99. The Morgan fingerprint density at radius 1 is 1.40 bits per heavy atom. The summed E-state index contributed by atoms with van der Waals surface area (Å²) in [6.07, 6.45) is 3.68. The number of amidine groups is 1. The van der Waals surface area contributed by atoms with Crippen LogP contribution in [-0.2, 0) is 9.59 Å². The van der Waals surface area contributed by atoms with E-state index in [1.165, 1.54) is 11.8 Å². The van der Waals surface area contributed by atoms with E-state index in [0.29, 0.717) is 11.7 Å². The Morgan fingerprint density at radius 2 is 2.16 bits per heavy atom. The molecular weight excluding hydrogens is 340 g/mol. The maximum absolute atomic E-state index is 11.9. The van der Waals surface area contributed by atoms with Gasteiger partial charge in [0.15, 0.2) is 5.17 Å². The topological polar surface area (TPSA) is 92.2 Å². The van der Waals surface area contributed by atoms with E-state index < -0.39 is 5.25 Å². The van der Waals surface area contributed by atoms with Gasteiger partial charge < -0.3 is 15.4 Å². The molecule has 0 aromatic heterocycles. The maximum atomic E-state index is 11.9. The van der Waals surface area contributed by atoms with Gasteiger partial charge >= 0.3 is 0 Å². The maximum Gasteiger partial charge on any atom is 0.240 e. The van der Waals surface area contributed by atoms with Crippen molar-refractivity contribution in [2.75, 3.05) is 13.7 Å². The summed E-state index contributed by atoms with van der Waals surface area (Å²) in [5.41, 5.74) is 0.867. The van der Waals surface area contributed by atoms with Crippen LogP contribution in [0.1, 0.15) is 31.7 Å². The van der Waals surface area contributed by atoms with Crippen LogP contribution in [0.4, 0.5) is 0 Å². The number of nitrogens with zero attached hydrogens (tertiary/aromatic N) is 2. The molecule has 0 radical (unpaired) electrons. The average Bonchev–Trinajstić information content (AvgIpc) is 2.95. The quantitative estimate of drug-likeness (QED) is 0.420. The molecule has 0 aliphatic carbocycles. The number of rotatable bonds is 8. The zero-order chi connectivity index (χ0) is 18.1. The molecule has 0 saturated carbocycles. The van der Waals surface area contributed by atoms with Gasteiger partial charge in [0.1, 0.15) is 11.0 Å². The molecule has 1 saturated heterocycles. The number of amides is 2. The van der Waals surface area contributed by atoms with Crippen molar-refractivity contribution >= 4 is 35.0 Å². The number of carbonyl (C=O) groups excluding carboxylic acids is 2. The van der Waals surface area contributed by atoms with Crippen molar-refractivity contribution in [3.8, 4) is 5.75 Å². The predicted octanol–water partition coefficient (Wildman–Crippen LogP) is 1.92. The SMILES string of the molecule is CCCCNC(=O)C[C@@H]1S/C(=N\N=C/c2ccc(OC)cc2)NC1=O. The monoisotopic (exact) mass is 362 g/mol. The highest BCUT2D eigenvalue weighted by Crippen LogP contribution is 2.22. The van der Waals surface area contributed by atoms with Crippen molar-refractivity contribution in [3.63, 3.8) is 0 Å².